The third kappa shape index (κ3) is 6.78. The lowest BCUT2D eigenvalue weighted by Crippen LogP contribution is -2.45. The van der Waals surface area contributed by atoms with Crippen molar-refractivity contribution in [2.45, 2.75) is 32.7 Å². The number of rotatable bonds is 3. The van der Waals surface area contributed by atoms with E-state index >= 15 is 0 Å². The first-order chi connectivity index (χ1) is 7.88. The lowest BCUT2D eigenvalue weighted by Gasteiger charge is -2.20. The zero-order chi connectivity index (χ0) is 12.9. The summed E-state index contributed by atoms with van der Waals surface area (Å²) in [6.45, 7) is 6.50. The van der Waals surface area contributed by atoms with Gasteiger partial charge in [0.15, 0.2) is 5.96 Å². The number of hydrogen-bond donors (Lipinski definition) is 2. The first-order valence-corrected chi connectivity index (χ1v) is 5.70. The van der Waals surface area contributed by atoms with Crippen LogP contribution in [-0.2, 0) is 6.42 Å². The molecule has 0 radical (unpaired) electrons. The van der Waals surface area contributed by atoms with Gasteiger partial charge in [0, 0.05) is 12.1 Å². The Morgan fingerprint density at radius 2 is 1.94 bits per heavy atom. The lowest BCUT2D eigenvalue weighted by atomic mass is 10.1. The summed E-state index contributed by atoms with van der Waals surface area (Å²) in [5.74, 6) is 0.207. The first kappa shape index (κ1) is 17.2. The van der Waals surface area contributed by atoms with Crippen LogP contribution in [0, 0.1) is 5.82 Å². The Hall–Kier alpha value is -0.850. The van der Waals surface area contributed by atoms with Crippen molar-refractivity contribution in [1.82, 2.24) is 5.32 Å². The smallest absolute Gasteiger partial charge is 0.188 e. The second-order valence-corrected chi connectivity index (χ2v) is 4.98. The number of hydrogen-bond acceptors (Lipinski definition) is 1. The predicted molar refractivity (Wildman–Crippen MR) is 84.9 cm³/mol. The van der Waals surface area contributed by atoms with Crippen LogP contribution in [0.3, 0.4) is 0 Å². The summed E-state index contributed by atoms with van der Waals surface area (Å²) in [6.07, 6.45) is 0.555. The van der Waals surface area contributed by atoms with Crippen LogP contribution in [0.5, 0.6) is 0 Å². The second kappa shape index (κ2) is 7.56. The van der Waals surface area contributed by atoms with Crippen LogP contribution in [-0.4, -0.2) is 18.0 Å². The molecular weight excluding hydrogens is 344 g/mol. The minimum absolute atomic E-state index is 0. The Kier molecular flexibility index (Phi) is 7.20. The van der Waals surface area contributed by atoms with E-state index in [2.05, 4.69) is 10.3 Å². The Bertz CT molecular complexity index is 399. The van der Waals surface area contributed by atoms with Crippen LogP contribution in [0.1, 0.15) is 26.3 Å². The molecule has 1 rings (SSSR count). The molecule has 0 saturated heterocycles. The fraction of sp³-hybridized carbons (Fsp3) is 0.462. The van der Waals surface area contributed by atoms with Crippen molar-refractivity contribution in [2.24, 2.45) is 10.7 Å². The maximum Gasteiger partial charge on any atom is 0.188 e. The van der Waals surface area contributed by atoms with Crippen LogP contribution in [0.2, 0.25) is 0 Å². The van der Waals surface area contributed by atoms with E-state index in [1.807, 2.05) is 26.8 Å². The van der Waals surface area contributed by atoms with Crippen molar-refractivity contribution in [3.8, 4) is 0 Å². The summed E-state index contributed by atoms with van der Waals surface area (Å²) in [6, 6.07) is 6.71. The van der Waals surface area contributed by atoms with Crippen molar-refractivity contribution in [3.63, 3.8) is 0 Å². The maximum atomic E-state index is 13.3. The summed E-state index contributed by atoms with van der Waals surface area (Å²) in [5, 5.41) is 3.05. The second-order valence-electron chi connectivity index (χ2n) is 4.98. The fourth-order valence-electron chi connectivity index (χ4n) is 1.42. The van der Waals surface area contributed by atoms with Crippen molar-refractivity contribution in [3.05, 3.63) is 35.6 Å². The summed E-state index contributed by atoms with van der Waals surface area (Å²) in [5.41, 5.74) is 6.27. The molecule has 0 heterocycles. The molecule has 3 nitrogen and oxygen atoms in total. The van der Waals surface area contributed by atoms with Crippen LogP contribution in [0.25, 0.3) is 0 Å². The molecule has 0 fully saturated rings. The zero-order valence-electron chi connectivity index (χ0n) is 11.0. The molecule has 18 heavy (non-hydrogen) atoms. The van der Waals surface area contributed by atoms with Crippen molar-refractivity contribution >= 4 is 29.9 Å². The fourth-order valence-corrected chi connectivity index (χ4v) is 1.42. The molecule has 0 unspecified atom stereocenters. The number of benzene rings is 1. The predicted octanol–water partition coefficient (Wildman–Crippen LogP) is 2.69. The third-order valence-electron chi connectivity index (χ3n) is 2.12. The number of nitrogens with zero attached hydrogens (tertiary/aromatic N) is 1. The van der Waals surface area contributed by atoms with E-state index < -0.39 is 0 Å². The molecule has 3 N–H and O–H groups in total. The van der Waals surface area contributed by atoms with Crippen molar-refractivity contribution in [1.29, 1.82) is 0 Å². The van der Waals surface area contributed by atoms with Gasteiger partial charge in [-0.15, -0.1) is 24.0 Å². The number of nitrogens with two attached hydrogens (primary N) is 1. The average Bonchev–Trinajstić information content (AvgIpc) is 2.18. The molecule has 0 bridgehead atoms. The molecule has 1 aromatic carbocycles. The summed E-state index contributed by atoms with van der Waals surface area (Å²) in [7, 11) is 0. The van der Waals surface area contributed by atoms with Gasteiger partial charge in [0.25, 0.3) is 0 Å². The number of nitrogens with one attached hydrogen (secondary N) is 1. The quantitative estimate of drug-likeness (QED) is 0.492. The van der Waals surface area contributed by atoms with E-state index in [4.69, 9.17) is 5.73 Å². The Morgan fingerprint density at radius 3 is 2.50 bits per heavy atom. The highest BCUT2D eigenvalue weighted by atomic mass is 127. The highest BCUT2D eigenvalue weighted by Gasteiger charge is 2.09. The van der Waals surface area contributed by atoms with Gasteiger partial charge >= 0.3 is 0 Å². The van der Waals surface area contributed by atoms with Gasteiger partial charge in [-0.2, -0.15) is 0 Å². The average molecular weight is 365 g/mol. The van der Waals surface area contributed by atoms with Crippen LogP contribution in [0.15, 0.2) is 29.3 Å². The van der Waals surface area contributed by atoms with Gasteiger partial charge in [-0.1, -0.05) is 18.2 Å². The van der Waals surface area contributed by atoms with Crippen molar-refractivity contribution in [2.75, 3.05) is 6.54 Å². The van der Waals surface area contributed by atoms with Crippen LogP contribution < -0.4 is 11.1 Å². The number of guanidine groups is 1. The van der Waals surface area contributed by atoms with Gasteiger partial charge in [-0.25, -0.2) is 4.39 Å². The molecule has 102 valence electrons. The summed E-state index contributed by atoms with van der Waals surface area (Å²) in [4.78, 5) is 4.16. The highest BCUT2D eigenvalue weighted by Crippen LogP contribution is 2.06. The third-order valence-corrected chi connectivity index (χ3v) is 2.12. The molecule has 0 aromatic heterocycles. The molecule has 0 spiro atoms. The zero-order valence-corrected chi connectivity index (χ0v) is 13.4. The standard InChI is InChI=1S/C13H20FN3.HI/c1-13(2,3)17-12(15)16-9-8-10-6-4-5-7-11(10)14;/h4-7H,8-9H2,1-3H3,(H3,15,16,17);1H. The van der Waals surface area contributed by atoms with E-state index in [1.165, 1.54) is 6.07 Å². The van der Waals surface area contributed by atoms with Crippen LogP contribution in [0.4, 0.5) is 4.39 Å². The van der Waals surface area contributed by atoms with E-state index in [1.54, 1.807) is 12.1 Å². The van der Waals surface area contributed by atoms with Crippen LogP contribution >= 0.6 is 24.0 Å². The molecule has 1 aromatic rings. The molecule has 0 saturated carbocycles. The topological polar surface area (TPSA) is 50.4 Å². The van der Waals surface area contributed by atoms with Gasteiger partial charge in [0.05, 0.1) is 0 Å². The maximum absolute atomic E-state index is 13.3. The number of aliphatic imine (C=N–C) groups is 1. The number of halogens is 2. The van der Waals surface area contributed by atoms with Gasteiger partial charge in [-0.3, -0.25) is 4.99 Å². The first-order valence-electron chi connectivity index (χ1n) is 5.70. The molecule has 0 aliphatic rings. The van der Waals surface area contributed by atoms with Gasteiger partial charge in [-0.05, 0) is 38.8 Å². The minimum Gasteiger partial charge on any atom is -0.370 e. The van der Waals surface area contributed by atoms with Gasteiger partial charge in [0.2, 0.25) is 0 Å². The van der Waals surface area contributed by atoms with Gasteiger partial charge in [0.1, 0.15) is 5.82 Å². The normalized spacial score (nSPS) is 11.9. The van der Waals surface area contributed by atoms with E-state index in [0.29, 0.717) is 24.5 Å². The minimum atomic E-state index is -0.190. The van der Waals surface area contributed by atoms with E-state index in [0.717, 1.165) is 0 Å². The molecule has 0 amide bonds. The van der Waals surface area contributed by atoms with E-state index in [-0.39, 0.29) is 35.3 Å². The van der Waals surface area contributed by atoms with Crippen molar-refractivity contribution < 1.29 is 4.39 Å². The van der Waals surface area contributed by atoms with E-state index in [9.17, 15) is 4.39 Å². The molecular formula is C13H21FIN3. The summed E-state index contributed by atoms with van der Waals surface area (Å²) < 4.78 is 13.3. The molecule has 0 aliphatic heterocycles. The molecule has 0 atom stereocenters. The van der Waals surface area contributed by atoms with Gasteiger partial charge < -0.3 is 11.1 Å². The Balaban J connectivity index is 0.00000289. The lowest BCUT2D eigenvalue weighted by molar-refractivity contribution is 0.508. The summed E-state index contributed by atoms with van der Waals surface area (Å²) >= 11 is 0. The Morgan fingerprint density at radius 1 is 1.33 bits per heavy atom. The molecule has 0 aliphatic carbocycles. The molecule has 5 heteroatoms. The largest absolute Gasteiger partial charge is 0.370 e. The monoisotopic (exact) mass is 365 g/mol. The highest BCUT2D eigenvalue weighted by molar-refractivity contribution is 14.0. The Labute approximate surface area is 125 Å². The SMILES string of the molecule is CC(C)(C)NC(N)=NCCc1ccccc1F.I.